The second kappa shape index (κ2) is 7.29. The maximum Gasteiger partial charge on any atom is 0.269 e. The lowest BCUT2D eigenvalue weighted by atomic mass is 10.1. The van der Waals surface area contributed by atoms with Crippen LogP contribution in [0.1, 0.15) is 26.2 Å². The average Bonchev–Trinajstić information content (AvgIpc) is 2.34. The highest BCUT2D eigenvalue weighted by molar-refractivity contribution is 7.99. The van der Waals surface area contributed by atoms with Crippen LogP contribution in [0.5, 0.6) is 0 Å². The van der Waals surface area contributed by atoms with Crippen LogP contribution >= 0.6 is 11.8 Å². The van der Waals surface area contributed by atoms with E-state index in [4.69, 9.17) is 5.73 Å². The highest BCUT2D eigenvalue weighted by Gasteiger charge is 2.04. The fraction of sp³-hybridized carbons (Fsp3) is 0.500. The third-order valence-electron chi connectivity index (χ3n) is 2.56. The highest BCUT2D eigenvalue weighted by atomic mass is 32.2. The highest BCUT2D eigenvalue weighted by Crippen LogP contribution is 2.22. The SMILES string of the molecule is CCC(N)CCCSc1ccc([N+](=O)[O-])cc1. The van der Waals surface area contributed by atoms with E-state index in [0.29, 0.717) is 6.04 Å². The van der Waals surface area contributed by atoms with Gasteiger partial charge in [-0.15, -0.1) is 11.8 Å². The molecule has 0 radical (unpaired) electrons. The molecule has 0 heterocycles. The molecule has 0 saturated carbocycles. The lowest BCUT2D eigenvalue weighted by Crippen LogP contribution is -2.18. The molecule has 2 N–H and O–H groups in total. The van der Waals surface area contributed by atoms with Gasteiger partial charge in [0.25, 0.3) is 5.69 Å². The van der Waals surface area contributed by atoms with Crippen LogP contribution < -0.4 is 5.73 Å². The van der Waals surface area contributed by atoms with Crippen molar-refractivity contribution in [2.45, 2.75) is 37.1 Å². The fourth-order valence-electron chi connectivity index (χ4n) is 1.40. The van der Waals surface area contributed by atoms with Gasteiger partial charge in [-0.05, 0) is 37.1 Å². The van der Waals surface area contributed by atoms with Crippen molar-refractivity contribution in [2.24, 2.45) is 5.73 Å². The van der Waals surface area contributed by atoms with Gasteiger partial charge < -0.3 is 5.73 Å². The first kappa shape index (κ1) is 14.0. The Balaban J connectivity index is 2.30. The molecule has 0 fully saturated rings. The van der Waals surface area contributed by atoms with Gasteiger partial charge in [0.05, 0.1) is 4.92 Å². The molecule has 17 heavy (non-hydrogen) atoms. The van der Waals surface area contributed by atoms with Gasteiger partial charge in [-0.1, -0.05) is 6.92 Å². The van der Waals surface area contributed by atoms with Crippen molar-refractivity contribution in [3.8, 4) is 0 Å². The molecule has 1 aromatic rings. The summed E-state index contributed by atoms with van der Waals surface area (Å²) in [4.78, 5) is 11.2. The standard InChI is InChI=1S/C12H18N2O2S/c1-2-10(13)4-3-9-17-12-7-5-11(6-8-12)14(15)16/h5-8,10H,2-4,9,13H2,1H3. The number of rotatable bonds is 7. The lowest BCUT2D eigenvalue weighted by molar-refractivity contribution is -0.384. The predicted octanol–water partition coefficient (Wildman–Crippen LogP) is 3.20. The zero-order valence-corrected chi connectivity index (χ0v) is 10.8. The predicted molar refractivity (Wildman–Crippen MR) is 71.3 cm³/mol. The second-order valence-corrected chi connectivity index (χ2v) is 5.08. The van der Waals surface area contributed by atoms with Crippen LogP contribution in [0.25, 0.3) is 0 Å². The molecule has 0 bridgehead atoms. The van der Waals surface area contributed by atoms with E-state index in [-0.39, 0.29) is 10.6 Å². The number of hydrogen-bond acceptors (Lipinski definition) is 4. The molecule has 1 unspecified atom stereocenters. The molecule has 0 spiro atoms. The summed E-state index contributed by atoms with van der Waals surface area (Å²) >= 11 is 1.72. The Morgan fingerprint density at radius 1 is 1.41 bits per heavy atom. The number of nitrogens with two attached hydrogens (primary N) is 1. The smallest absolute Gasteiger partial charge is 0.269 e. The number of benzene rings is 1. The topological polar surface area (TPSA) is 69.2 Å². The first-order valence-corrected chi connectivity index (χ1v) is 6.75. The summed E-state index contributed by atoms with van der Waals surface area (Å²) in [6.07, 6.45) is 3.13. The molecule has 0 aromatic heterocycles. The Morgan fingerprint density at radius 2 is 2.06 bits per heavy atom. The van der Waals surface area contributed by atoms with Crippen molar-refractivity contribution >= 4 is 17.4 Å². The lowest BCUT2D eigenvalue weighted by Gasteiger charge is -2.07. The van der Waals surface area contributed by atoms with E-state index >= 15 is 0 Å². The number of thioether (sulfide) groups is 1. The average molecular weight is 254 g/mol. The molecule has 0 amide bonds. The Kier molecular flexibility index (Phi) is 6.00. The van der Waals surface area contributed by atoms with Crippen molar-refractivity contribution in [3.63, 3.8) is 0 Å². The summed E-state index contributed by atoms with van der Waals surface area (Å²) in [6.45, 7) is 2.09. The monoisotopic (exact) mass is 254 g/mol. The first-order valence-electron chi connectivity index (χ1n) is 5.76. The Hall–Kier alpha value is -1.07. The van der Waals surface area contributed by atoms with Crippen molar-refractivity contribution in [1.82, 2.24) is 0 Å². The molecule has 0 saturated heterocycles. The number of non-ortho nitro benzene ring substituents is 1. The number of nitrogens with zero attached hydrogens (tertiary/aromatic N) is 1. The van der Waals surface area contributed by atoms with Crippen LogP contribution in [-0.4, -0.2) is 16.7 Å². The minimum absolute atomic E-state index is 0.141. The number of nitro groups is 1. The van der Waals surface area contributed by atoms with E-state index in [1.165, 1.54) is 0 Å². The van der Waals surface area contributed by atoms with Crippen molar-refractivity contribution in [3.05, 3.63) is 34.4 Å². The molecular formula is C12H18N2O2S. The van der Waals surface area contributed by atoms with E-state index in [1.807, 2.05) is 0 Å². The maximum absolute atomic E-state index is 10.5. The largest absolute Gasteiger partial charge is 0.328 e. The summed E-state index contributed by atoms with van der Waals surface area (Å²) in [5, 5.41) is 10.5. The van der Waals surface area contributed by atoms with Gasteiger partial charge in [-0.25, -0.2) is 0 Å². The minimum Gasteiger partial charge on any atom is -0.328 e. The van der Waals surface area contributed by atoms with E-state index in [2.05, 4.69) is 6.92 Å². The zero-order chi connectivity index (χ0) is 12.7. The normalized spacial score (nSPS) is 12.4. The summed E-state index contributed by atoms with van der Waals surface area (Å²) < 4.78 is 0. The zero-order valence-electron chi connectivity index (χ0n) is 9.96. The van der Waals surface area contributed by atoms with Crippen LogP contribution in [0.15, 0.2) is 29.2 Å². The van der Waals surface area contributed by atoms with E-state index in [0.717, 1.165) is 29.9 Å². The molecule has 1 rings (SSSR count). The van der Waals surface area contributed by atoms with Gasteiger partial charge in [-0.2, -0.15) is 0 Å². The van der Waals surface area contributed by atoms with Crippen LogP contribution in [0.2, 0.25) is 0 Å². The van der Waals surface area contributed by atoms with E-state index < -0.39 is 0 Å². The summed E-state index contributed by atoms with van der Waals surface area (Å²) in [5.74, 6) is 1.01. The molecular weight excluding hydrogens is 236 g/mol. The quantitative estimate of drug-likeness (QED) is 0.351. The van der Waals surface area contributed by atoms with Gasteiger partial charge in [0, 0.05) is 23.1 Å². The summed E-state index contributed by atoms with van der Waals surface area (Å²) in [6, 6.07) is 6.97. The van der Waals surface area contributed by atoms with Crippen molar-refractivity contribution in [1.29, 1.82) is 0 Å². The molecule has 0 aliphatic rings. The van der Waals surface area contributed by atoms with E-state index in [1.54, 1.807) is 36.0 Å². The van der Waals surface area contributed by atoms with Crippen LogP contribution in [0, 0.1) is 10.1 Å². The van der Waals surface area contributed by atoms with Crippen LogP contribution in [0.3, 0.4) is 0 Å². The maximum atomic E-state index is 10.5. The molecule has 5 heteroatoms. The Morgan fingerprint density at radius 3 is 2.59 bits per heavy atom. The van der Waals surface area contributed by atoms with Gasteiger partial charge in [-0.3, -0.25) is 10.1 Å². The van der Waals surface area contributed by atoms with Crippen LogP contribution in [0.4, 0.5) is 5.69 Å². The van der Waals surface area contributed by atoms with Gasteiger partial charge in [0.15, 0.2) is 0 Å². The van der Waals surface area contributed by atoms with Gasteiger partial charge >= 0.3 is 0 Å². The van der Waals surface area contributed by atoms with Crippen molar-refractivity contribution in [2.75, 3.05) is 5.75 Å². The molecule has 4 nitrogen and oxygen atoms in total. The Labute approximate surface area is 106 Å². The van der Waals surface area contributed by atoms with E-state index in [9.17, 15) is 10.1 Å². The number of hydrogen-bond donors (Lipinski definition) is 1. The second-order valence-electron chi connectivity index (χ2n) is 3.91. The Bertz CT molecular complexity index is 354. The fourth-order valence-corrected chi connectivity index (χ4v) is 2.28. The summed E-state index contributed by atoms with van der Waals surface area (Å²) in [7, 11) is 0. The van der Waals surface area contributed by atoms with Crippen LogP contribution in [-0.2, 0) is 0 Å². The minimum atomic E-state index is -0.380. The molecule has 1 atom stereocenters. The third-order valence-corrected chi connectivity index (χ3v) is 3.66. The first-order chi connectivity index (χ1) is 8.13. The molecule has 94 valence electrons. The van der Waals surface area contributed by atoms with Gasteiger partial charge in [0.1, 0.15) is 0 Å². The molecule has 1 aromatic carbocycles. The van der Waals surface area contributed by atoms with Crippen molar-refractivity contribution < 1.29 is 4.92 Å². The molecule has 0 aliphatic carbocycles. The molecule has 0 aliphatic heterocycles. The third kappa shape index (κ3) is 5.19. The number of nitro benzene ring substituents is 1. The van der Waals surface area contributed by atoms with Gasteiger partial charge in [0.2, 0.25) is 0 Å². The summed E-state index contributed by atoms with van der Waals surface area (Å²) in [5.41, 5.74) is 5.96.